The van der Waals surface area contributed by atoms with Crippen LogP contribution in [0.25, 0.3) is 22.9 Å². The lowest BCUT2D eigenvalue weighted by Crippen LogP contribution is -2.54. The first-order chi connectivity index (χ1) is 17.7. The number of imide groups is 2. The molecule has 1 aromatic heterocycles. The number of aromatic nitrogens is 1. The molecule has 0 bridgehead atoms. The van der Waals surface area contributed by atoms with Crippen molar-refractivity contribution < 1.29 is 14.4 Å². The average Bonchev–Trinajstić information content (AvgIpc) is 3.17. The Hall–Kier alpha value is -4.71. The number of barbiturate groups is 1. The third-order valence-electron chi connectivity index (χ3n) is 6.85. The first kappa shape index (κ1) is 24.0. The standard InChI is InChI=1S/C31H27N3O3/c1-19-10-13-27(16-20(19)2)34-30(36)28(29(35)32-31(34)37)18-25-17-21(3)33(22(25)4)26-14-11-24(12-15-26)23-8-6-5-7-9-23/h5-18H,1-4H3,(H,32,35,37)/b28-18-. The van der Waals surface area contributed by atoms with Crippen LogP contribution in [0.15, 0.2) is 84.4 Å². The van der Waals surface area contributed by atoms with Gasteiger partial charge in [-0.15, -0.1) is 0 Å². The number of nitrogens with zero attached hydrogens (tertiary/aromatic N) is 2. The summed E-state index contributed by atoms with van der Waals surface area (Å²) in [6.07, 6.45) is 1.56. The van der Waals surface area contributed by atoms with E-state index in [-0.39, 0.29) is 5.57 Å². The van der Waals surface area contributed by atoms with Crippen molar-refractivity contribution >= 4 is 29.6 Å². The molecule has 2 heterocycles. The van der Waals surface area contributed by atoms with Crippen LogP contribution in [0.1, 0.15) is 28.1 Å². The summed E-state index contributed by atoms with van der Waals surface area (Å²) >= 11 is 0. The van der Waals surface area contributed by atoms with Gasteiger partial charge >= 0.3 is 6.03 Å². The highest BCUT2D eigenvalue weighted by atomic mass is 16.2. The predicted molar refractivity (Wildman–Crippen MR) is 146 cm³/mol. The van der Waals surface area contributed by atoms with E-state index in [0.29, 0.717) is 5.69 Å². The molecular weight excluding hydrogens is 462 g/mol. The molecule has 4 aromatic rings. The Kier molecular flexibility index (Phi) is 6.09. The van der Waals surface area contributed by atoms with E-state index in [1.54, 1.807) is 18.2 Å². The van der Waals surface area contributed by atoms with Gasteiger partial charge in [0.15, 0.2) is 0 Å². The molecule has 3 aromatic carbocycles. The Morgan fingerprint density at radius 1 is 0.703 bits per heavy atom. The lowest BCUT2D eigenvalue weighted by atomic mass is 10.0. The molecule has 4 amide bonds. The largest absolute Gasteiger partial charge is 0.335 e. The first-order valence-electron chi connectivity index (χ1n) is 12.1. The normalized spacial score (nSPS) is 14.9. The second-order valence-electron chi connectivity index (χ2n) is 9.30. The number of carbonyl (C=O) groups is 3. The van der Waals surface area contributed by atoms with E-state index in [4.69, 9.17) is 0 Å². The van der Waals surface area contributed by atoms with Crippen LogP contribution in [0, 0.1) is 27.7 Å². The van der Waals surface area contributed by atoms with Gasteiger partial charge in [-0.3, -0.25) is 14.9 Å². The maximum Gasteiger partial charge on any atom is 0.335 e. The van der Waals surface area contributed by atoms with Gasteiger partial charge in [-0.25, -0.2) is 9.69 Å². The maximum atomic E-state index is 13.4. The second kappa shape index (κ2) is 9.39. The molecule has 5 rings (SSSR count). The van der Waals surface area contributed by atoms with Crippen LogP contribution >= 0.6 is 0 Å². The molecule has 1 aliphatic heterocycles. The highest BCUT2D eigenvalue weighted by molar-refractivity contribution is 6.39. The zero-order valence-corrected chi connectivity index (χ0v) is 21.2. The van der Waals surface area contributed by atoms with Gasteiger partial charge in [0.25, 0.3) is 11.8 Å². The van der Waals surface area contributed by atoms with Gasteiger partial charge in [-0.2, -0.15) is 0 Å². The molecule has 1 aliphatic rings. The van der Waals surface area contributed by atoms with Gasteiger partial charge in [-0.1, -0.05) is 48.5 Å². The lowest BCUT2D eigenvalue weighted by Gasteiger charge is -2.26. The number of nitrogens with one attached hydrogen (secondary N) is 1. The second-order valence-corrected chi connectivity index (χ2v) is 9.30. The van der Waals surface area contributed by atoms with E-state index in [2.05, 4.69) is 46.3 Å². The quantitative estimate of drug-likeness (QED) is 0.280. The van der Waals surface area contributed by atoms with Crippen LogP contribution in [-0.2, 0) is 9.59 Å². The highest BCUT2D eigenvalue weighted by Gasteiger charge is 2.37. The molecule has 0 radical (unpaired) electrons. The van der Waals surface area contributed by atoms with Gasteiger partial charge in [0.05, 0.1) is 5.69 Å². The van der Waals surface area contributed by atoms with E-state index in [9.17, 15) is 14.4 Å². The molecule has 1 fully saturated rings. The number of aryl methyl sites for hydroxylation is 3. The van der Waals surface area contributed by atoms with E-state index < -0.39 is 17.8 Å². The number of amides is 4. The minimum absolute atomic E-state index is 0.0856. The van der Waals surface area contributed by atoms with Gasteiger partial charge in [-0.05, 0) is 91.9 Å². The fourth-order valence-corrected chi connectivity index (χ4v) is 4.68. The molecule has 0 aliphatic carbocycles. The number of rotatable bonds is 4. The molecule has 0 saturated carbocycles. The number of urea groups is 1. The number of hydrogen-bond acceptors (Lipinski definition) is 3. The Balaban J connectivity index is 1.50. The van der Waals surface area contributed by atoms with E-state index >= 15 is 0 Å². The zero-order chi connectivity index (χ0) is 26.3. The number of anilines is 1. The molecule has 6 heteroatoms. The summed E-state index contributed by atoms with van der Waals surface area (Å²) in [5, 5.41) is 2.31. The van der Waals surface area contributed by atoms with Crippen molar-refractivity contribution in [1.82, 2.24) is 9.88 Å². The summed E-state index contributed by atoms with van der Waals surface area (Å²) < 4.78 is 2.08. The molecule has 0 unspecified atom stereocenters. The molecule has 1 saturated heterocycles. The Bertz CT molecular complexity index is 1580. The fraction of sp³-hybridized carbons (Fsp3) is 0.129. The zero-order valence-electron chi connectivity index (χ0n) is 21.2. The Morgan fingerprint density at radius 2 is 1.35 bits per heavy atom. The summed E-state index contributed by atoms with van der Waals surface area (Å²) in [4.78, 5) is 39.7. The van der Waals surface area contributed by atoms with Crippen LogP contribution in [-0.4, -0.2) is 22.4 Å². The van der Waals surface area contributed by atoms with Crippen LogP contribution in [0.2, 0.25) is 0 Å². The molecule has 184 valence electrons. The van der Waals surface area contributed by atoms with E-state index in [1.165, 1.54) is 0 Å². The van der Waals surface area contributed by atoms with E-state index in [1.807, 2.05) is 58.0 Å². The summed E-state index contributed by atoms with van der Waals surface area (Å²) in [6.45, 7) is 7.79. The molecular formula is C31H27N3O3. The molecule has 1 N–H and O–H groups in total. The molecule has 37 heavy (non-hydrogen) atoms. The monoisotopic (exact) mass is 489 g/mol. The maximum absolute atomic E-state index is 13.4. The average molecular weight is 490 g/mol. The third kappa shape index (κ3) is 4.38. The predicted octanol–water partition coefficient (Wildman–Crippen LogP) is 6.04. The van der Waals surface area contributed by atoms with Crippen molar-refractivity contribution in [1.29, 1.82) is 0 Å². The Morgan fingerprint density at radius 3 is 2.03 bits per heavy atom. The molecule has 0 spiro atoms. The summed E-state index contributed by atoms with van der Waals surface area (Å²) in [7, 11) is 0. The van der Waals surface area contributed by atoms with Gasteiger partial charge in [0, 0.05) is 17.1 Å². The lowest BCUT2D eigenvalue weighted by molar-refractivity contribution is -0.122. The first-order valence-corrected chi connectivity index (χ1v) is 12.1. The van der Waals surface area contributed by atoms with Crippen molar-refractivity contribution in [2.45, 2.75) is 27.7 Å². The van der Waals surface area contributed by atoms with Crippen LogP contribution in [0.4, 0.5) is 10.5 Å². The van der Waals surface area contributed by atoms with Gasteiger partial charge < -0.3 is 4.57 Å². The minimum atomic E-state index is -0.751. The summed E-state index contributed by atoms with van der Waals surface area (Å²) in [6, 6.07) is 24.9. The van der Waals surface area contributed by atoms with Crippen LogP contribution in [0.3, 0.4) is 0 Å². The Labute approximate surface area is 215 Å². The smallest absolute Gasteiger partial charge is 0.318 e. The van der Waals surface area contributed by atoms with Crippen molar-refractivity contribution in [2.75, 3.05) is 4.90 Å². The molecule has 0 atom stereocenters. The molecule has 6 nitrogen and oxygen atoms in total. The summed E-state index contributed by atoms with van der Waals surface area (Å²) in [5.74, 6) is -1.35. The SMILES string of the molecule is Cc1ccc(N2C(=O)NC(=O)/C(=C/c3cc(C)n(-c4ccc(-c5ccccc5)cc4)c3C)C2=O)cc1C. The van der Waals surface area contributed by atoms with Gasteiger partial charge in [0.1, 0.15) is 5.57 Å². The van der Waals surface area contributed by atoms with Crippen molar-refractivity contribution in [2.24, 2.45) is 0 Å². The minimum Gasteiger partial charge on any atom is -0.318 e. The van der Waals surface area contributed by atoms with Crippen molar-refractivity contribution in [3.8, 4) is 16.8 Å². The van der Waals surface area contributed by atoms with E-state index in [0.717, 1.165) is 49.8 Å². The number of benzene rings is 3. The van der Waals surface area contributed by atoms with Gasteiger partial charge in [0.2, 0.25) is 0 Å². The highest BCUT2D eigenvalue weighted by Crippen LogP contribution is 2.28. The van der Waals surface area contributed by atoms with Crippen molar-refractivity contribution in [3.63, 3.8) is 0 Å². The number of carbonyl (C=O) groups excluding carboxylic acids is 3. The number of hydrogen-bond donors (Lipinski definition) is 1. The topological polar surface area (TPSA) is 71.4 Å². The van der Waals surface area contributed by atoms with Crippen molar-refractivity contribution in [3.05, 3.63) is 113 Å². The summed E-state index contributed by atoms with van der Waals surface area (Å²) in [5.41, 5.74) is 8.15. The van der Waals surface area contributed by atoms with Crippen LogP contribution in [0.5, 0.6) is 0 Å². The fourth-order valence-electron chi connectivity index (χ4n) is 4.68. The third-order valence-corrected chi connectivity index (χ3v) is 6.85. The van der Waals surface area contributed by atoms with Crippen LogP contribution < -0.4 is 10.2 Å².